The number of hydrogen-bond acceptors (Lipinski definition) is 4. The molecule has 8 nitrogen and oxygen atoms in total. The standard InChI is InChI=1S/C27H30N4O4/c1-4-13-31-22-16-30(17-23(32)28-15-18(2)3)26(33)24(22)25(29-27(31)34)19-9-8-12-21(14-19)35-20-10-6-5-7-11-20/h4-12,14,18,25H,1,13,15-17H2,2-3H3,(H,28,32)(H,29,34)/t25-/m0/s1. The molecule has 1 atom stereocenters. The van der Waals surface area contributed by atoms with Gasteiger partial charge < -0.3 is 20.3 Å². The minimum absolute atomic E-state index is 0.0709. The highest BCUT2D eigenvalue weighted by molar-refractivity contribution is 6.03. The van der Waals surface area contributed by atoms with E-state index < -0.39 is 6.04 Å². The highest BCUT2D eigenvalue weighted by Gasteiger charge is 2.44. The summed E-state index contributed by atoms with van der Waals surface area (Å²) in [5.41, 5.74) is 1.77. The molecule has 2 N–H and O–H groups in total. The summed E-state index contributed by atoms with van der Waals surface area (Å²) in [5, 5.41) is 5.80. The monoisotopic (exact) mass is 474 g/mol. The highest BCUT2D eigenvalue weighted by Crippen LogP contribution is 2.37. The minimum atomic E-state index is -0.658. The van der Waals surface area contributed by atoms with Crippen LogP contribution in [0.15, 0.2) is 78.5 Å². The summed E-state index contributed by atoms with van der Waals surface area (Å²) in [7, 11) is 0. The third-order valence-corrected chi connectivity index (χ3v) is 5.82. The first kappa shape index (κ1) is 24.1. The van der Waals surface area contributed by atoms with Crippen LogP contribution in [-0.4, -0.2) is 53.8 Å². The van der Waals surface area contributed by atoms with Gasteiger partial charge in [0.25, 0.3) is 5.91 Å². The lowest BCUT2D eigenvalue weighted by Gasteiger charge is -2.33. The number of para-hydroxylation sites is 1. The lowest BCUT2D eigenvalue weighted by Crippen LogP contribution is -2.47. The smallest absolute Gasteiger partial charge is 0.322 e. The third kappa shape index (κ3) is 5.37. The Balaban J connectivity index is 1.61. The summed E-state index contributed by atoms with van der Waals surface area (Å²) in [6.07, 6.45) is 1.61. The summed E-state index contributed by atoms with van der Waals surface area (Å²) < 4.78 is 5.95. The molecule has 2 aliphatic heterocycles. The van der Waals surface area contributed by atoms with E-state index in [2.05, 4.69) is 17.2 Å². The molecule has 35 heavy (non-hydrogen) atoms. The molecule has 0 saturated carbocycles. The van der Waals surface area contributed by atoms with Crippen LogP contribution in [-0.2, 0) is 9.59 Å². The molecule has 4 rings (SSSR count). The van der Waals surface area contributed by atoms with Gasteiger partial charge in [0.05, 0.1) is 23.9 Å². The van der Waals surface area contributed by atoms with Crippen molar-refractivity contribution in [1.82, 2.24) is 20.4 Å². The Morgan fingerprint density at radius 1 is 1.17 bits per heavy atom. The van der Waals surface area contributed by atoms with Gasteiger partial charge in [-0.3, -0.25) is 14.5 Å². The number of hydrogen-bond donors (Lipinski definition) is 2. The molecule has 0 unspecified atom stereocenters. The van der Waals surface area contributed by atoms with Crippen molar-refractivity contribution < 1.29 is 19.1 Å². The Morgan fingerprint density at radius 2 is 1.91 bits per heavy atom. The van der Waals surface area contributed by atoms with E-state index in [1.807, 2.05) is 68.4 Å². The molecule has 0 aliphatic carbocycles. The maximum Gasteiger partial charge on any atom is 0.322 e. The topological polar surface area (TPSA) is 91.0 Å². The fourth-order valence-electron chi connectivity index (χ4n) is 4.18. The summed E-state index contributed by atoms with van der Waals surface area (Å²) in [6.45, 7) is 8.65. The molecule has 2 heterocycles. The molecule has 0 aromatic heterocycles. The van der Waals surface area contributed by atoms with Crippen molar-refractivity contribution in [3.05, 3.63) is 84.1 Å². The molecule has 2 aromatic rings. The number of ether oxygens (including phenoxy) is 1. The first-order chi connectivity index (χ1) is 16.9. The van der Waals surface area contributed by atoms with Crippen LogP contribution in [0.1, 0.15) is 25.5 Å². The highest BCUT2D eigenvalue weighted by atomic mass is 16.5. The van der Waals surface area contributed by atoms with Crippen LogP contribution in [0.5, 0.6) is 11.5 Å². The maximum absolute atomic E-state index is 13.5. The zero-order chi connectivity index (χ0) is 24.9. The zero-order valence-electron chi connectivity index (χ0n) is 20.0. The molecular weight excluding hydrogens is 444 g/mol. The van der Waals surface area contributed by atoms with Gasteiger partial charge in [0, 0.05) is 13.1 Å². The van der Waals surface area contributed by atoms with E-state index >= 15 is 0 Å². The molecule has 0 fully saturated rings. The lowest BCUT2D eigenvalue weighted by atomic mass is 9.95. The van der Waals surface area contributed by atoms with Crippen molar-refractivity contribution >= 4 is 17.8 Å². The Hall–Kier alpha value is -4.07. The van der Waals surface area contributed by atoms with Crippen LogP contribution in [0.2, 0.25) is 0 Å². The Bertz CT molecular complexity index is 1160. The summed E-state index contributed by atoms with van der Waals surface area (Å²) in [5.74, 6) is 1.09. The predicted molar refractivity (Wildman–Crippen MR) is 133 cm³/mol. The lowest BCUT2D eigenvalue weighted by molar-refractivity contribution is -0.132. The molecule has 0 bridgehead atoms. The number of urea groups is 1. The zero-order valence-corrected chi connectivity index (χ0v) is 20.0. The van der Waals surface area contributed by atoms with E-state index in [9.17, 15) is 14.4 Å². The number of benzene rings is 2. The van der Waals surface area contributed by atoms with Crippen molar-refractivity contribution in [2.45, 2.75) is 19.9 Å². The van der Waals surface area contributed by atoms with Crippen LogP contribution in [0.4, 0.5) is 4.79 Å². The van der Waals surface area contributed by atoms with Crippen molar-refractivity contribution in [3.63, 3.8) is 0 Å². The second kappa shape index (κ2) is 10.5. The fourth-order valence-corrected chi connectivity index (χ4v) is 4.18. The second-order valence-corrected chi connectivity index (χ2v) is 8.99. The Morgan fingerprint density at radius 3 is 2.63 bits per heavy atom. The van der Waals surface area contributed by atoms with Crippen molar-refractivity contribution in [1.29, 1.82) is 0 Å². The van der Waals surface area contributed by atoms with Gasteiger partial charge >= 0.3 is 6.03 Å². The van der Waals surface area contributed by atoms with Crippen LogP contribution < -0.4 is 15.4 Å². The van der Waals surface area contributed by atoms with Gasteiger partial charge in [0.1, 0.15) is 18.0 Å². The van der Waals surface area contributed by atoms with Gasteiger partial charge in [-0.15, -0.1) is 6.58 Å². The van der Waals surface area contributed by atoms with Gasteiger partial charge in [0.15, 0.2) is 0 Å². The molecule has 8 heteroatoms. The van der Waals surface area contributed by atoms with E-state index in [0.717, 1.165) is 5.56 Å². The normalized spacial score (nSPS) is 17.4. The van der Waals surface area contributed by atoms with Crippen molar-refractivity contribution in [3.8, 4) is 11.5 Å². The summed E-state index contributed by atoms with van der Waals surface area (Å²) in [4.78, 5) is 41.9. The average Bonchev–Trinajstić information content (AvgIpc) is 3.16. The van der Waals surface area contributed by atoms with Gasteiger partial charge in [0.2, 0.25) is 5.91 Å². The van der Waals surface area contributed by atoms with E-state index in [4.69, 9.17) is 4.74 Å². The van der Waals surface area contributed by atoms with Crippen LogP contribution in [0, 0.1) is 5.92 Å². The van der Waals surface area contributed by atoms with E-state index in [0.29, 0.717) is 35.2 Å². The molecular formula is C27H30N4O4. The molecule has 2 aliphatic rings. The SMILES string of the molecule is C=CCN1C(=O)N[C@@H](c2cccc(Oc3ccccc3)c2)C2=C1CN(CC(=O)NCC(C)C)C2=O. The van der Waals surface area contributed by atoms with E-state index in [1.54, 1.807) is 6.08 Å². The molecule has 4 amide bonds. The molecule has 0 spiro atoms. The fraction of sp³-hybridized carbons (Fsp3) is 0.296. The Labute approximate surface area is 205 Å². The van der Waals surface area contributed by atoms with Gasteiger partial charge in [-0.05, 0) is 35.7 Å². The van der Waals surface area contributed by atoms with Gasteiger partial charge in [-0.1, -0.05) is 50.3 Å². The quantitative estimate of drug-likeness (QED) is 0.544. The number of carbonyl (C=O) groups is 3. The Kier molecular flexibility index (Phi) is 7.19. The van der Waals surface area contributed by atoms with Crippen LogP contribution >= 0.6 is 0 Å². The number of nitrogens with one attached hydrogen (secondary N) is 2. The number of carbonyl (C=O) groups excluding carboxylic acids is 3. The molecule has 2 aromatic carbocycles. The third-order valence-electron chi connectivity index (χ3n) is 5.82. The van der Waals surface area contributed by atoms with Crippen molar-refractivity contribution in [2.75, 3.05) is 26.2 Å². The second-order valence-electron chi connectivity index (χ2n) is 8.99. The van der Waals surface area contributed by atoms with Crippen LogP contribution in [0.3, 0.4) is 0 Å². The van der Waals surface area contributed by atoms with Crippen molar-refractivity contribution in [2.24, 2.45) is 5.92 Å². The number of rotatable bonds is 9. The van der Waals surface area contributed by atoms with E-state index in [1.165, 1.54) is 9.80 Å². The molecule has 182 valence electrons. The molecule has 0 saturated heterocycles. The van der Waals surface area contributed by atoms with Gasteiger partial charge in [-0.25, -0.2) is 4.79 Å². The van der Waals surface area contributed by atoms with E-state index in [-0.39, 0.29) is 37.5 Å². The first-order valence-electron chi connectivity index (χ1n) is 11.7. The summed E-state index contributed by atoms with van der Waals surface area (Å²) >= 11 is 0. The maximum atomic E-state index is 13.5. The summed E-state index contributed by atoms with van der Waals surface area (Å²) in [6, 6.07) is 15.7. The number of amides is 4. The largest absolute Gasteiger partial charge is 0.457 e. The van der Waals surface area contributed by atoms with Gasteiger partial charge in [-0.2, -0.15) is 0 Å². The predicted octanol–water partition coefficient (Wildman–Crippen LogP) is 3.60. The number of nitrogens with zero attached hydrogens (tertiary/aromatic N) is 2. The average molecular weight is 475 g/mol. The minimum Gasteiger partial charge on any atom is -0.457 e. The molecule has 0 radical (unpaired) electrons. The van der Waals surface area contributed by atoms with Crippen LogP contribution in [0.25, 0.3) is 0 Å². The first-order valence-corrected chi connectivity index (χ1v) is 11.7.